The van der Waals surface area contributed by atoms with E-state index in [1.54, 1.807) is 34.9 Å². The van der Waals surface area contributed by atoms with E-state index < -0.39 is 5.82 Å². The van der Waals surface area contributed by atoms with Crippen LogP contribution in [0.25, 0.3) is 0 Å². The van der Waals surface area contributed by atoms with Crippen LogP contribution >= 0.6 is 0 Å². The summed E-state index contributed by atoms with van der Waals surface area (Å²) in [6, 6.07) is 13.3. The molecule has 2 aromatic carbocycles. The molecule has 1 saturated heterocycles. The lowest BCUT2D eigenvalue weighted by atomic mass is 10.1. The lowest BCUT2D eigenvalue weighted by Crippen LogP contribution is -2.50. The van der Waals surface area contributed by atoms with Gasteiger partial charge in [-0.25, -0.2) is 4.39 Å². The van der Waals surface area contributed by atoms with Gasteiger partial charge in [-0.1, -0.05) is 18.2 Å². The molecule has 1 aliphatic rings. The molecule has 26 heavy (non-hydrogen) atoms. The van der Waals surface area contributed by atoms with Gasteiger partial charge in [-0.3, -0.25) is 9.59 Å². The smallest absolute Gasteiger partial charge is 0.254 e. The maximum Gasteiger partial charge on any atom is 0.254 e. The molecule has 1 heterocycles. The number of nitrogens with zero attached hydrogens (tertiary/aromatic N) is 2. The van der Waals surface area contributed by atoms with Gasteiger partial charge in [0.1, 0.15) is 0 Å². The van der Waals surface area contributed by atoms with Crippen LogP contribution in [0.4, 0.5) is 4.39 Å². The Hall–Kier alpha value is -2.89. The zero-order chi connectivity index (χ0) is 18.5. The molecule has 5 nitrogen and oxygen atoms in total. The first kappa shape index (κ1) is 17.9. The second kappa shape index (κ2) is 7.99. The average Bonchev–Trinajstić information content (AvgIpc) is 2.69. The molecule has 0 atom stereocenters. The molecule has 2 amide bonds. The summed E-state index contributed by atoms with van der Waals surface area (Å²) in [6.45, 7) is 3.90. The molecule has 0 N–H and O–H groups in total. The molecule has 136 valence electrons. The molecule has 0 bridgehead atoms. The van der Waals surface area contributed by atoms with Gasteiger partial charge in [0.25, 0.3) is 11.8 Å². The van der Waals surface area contributed by atoms with Crippen LogP contribution in [0, 0.1) is 5.82 Å². The third kappa shape index (κ3) is 3.85. The third-order valence-corrected chi connectivity index (χ3v) is 4.35. The van der Waals surface area contributed by atoms with Gasteiger partial charge < -0.3 is 14.5 Å². The normalized spacial score (nSPS) is 14.2. The Kier molecular flexibility index (Phi) is 5.51. The van der Waals surface area contributed by atoms with Gasteiger partial charge in [0.2, 0.25) is 0 Å². The maximum absolute atomic E-state index is 14.0. The molecular weight excluding hydrogens is 335 g/mol. The maximum atomic E-state index is 14.0. The van der Waals surface area contributed by atoms with E-state index in [0.717, 1.165) is 0 Å². The number of carbonyl (C=O) groups excluding carboxylic acids is 2. The second-order valence-corrected chi connectivity index (χ2v) is 6.03. The van der Waals surface area contributed by atoms with Crippen molar-refractivity contribution in [2.45, 2.75) is 6.92 Å². The summed E-state index contributed by atoms with van der Waals surface area (Å²) < 4.78 is 19.1. The molecule has 1 fully saturated rings. The fourth-order valence-electron chi connectivity index (χ4n) is 2.96. The number of carbonyl (C=O) groups is 2. The van der Waals surface area contributed by atoms with Gasteiger partial charge in [0, 0.05) is 37.3 Å². The van der Waals surface area contributed by atoms with E-state index in [4.69, 9.17) is 4.74 Å². The highest BCUT2D eigenvalue weighted by Gasteiger charge is 2.25. The van der Waals surface area contributed by atoms with Crippen LogP contribution in [-0.4, -0.2) is 54.4 Å². The fourth-order valence-corrected chi connectivity index (χ4v) is 2.96. The van der Waals surface area contributed by atoms with Gasteiger partial charge in [-0.2, -0.15) is 0 Å². The van der Waals surface area contributed by atoms with Crippen molar-refractivity contribution in [3.05, 3.63) is 65.5 Å². The zero-order valence-electron chi connectivity index (χ0n) is 14.7. The zero-order valence-corrected chi connectivity index (χ0v) is 14.7. The van der Waals surface area contributed by atoms with Crippen molar-refractivity contribution in [3.63, 3.8) is 0 Å². The van der Waals surface area contributed by atoms with E-state index in [1.807, 2.05) is 18.2 Å². The fraction of sp³-hybridized carbons (Fsp3) is 0.300. The van der Waals surface area contributed by atoms with Crippen molar-refractivity contribution in [3.8, 4) is 5.75 Å². The molecule has 1 aliphatic heterocycles. The highest BCUT2D eigenvalue weighted by molar-refractivity contribution is 5.96. The Morgan fingerprint density at radius 3 is 2.04 bits per heavy atom. The van der Waals surface area contributed by atoms with Crippen molar-refractivity contribution < 1.29 is 18.7 Å². The van der Waals surface area contributed by atoms with Gasteiger partial charge in [0.15, 0.2) is 11.6 Å². The van der Waals surface area contributed by atoms with Crippen molar-refractivity contribution in [1.29, 1.82) is 0 Å². The van der Waals surface area contributed by atoms with E-state index in [1.165, 1.54) is 12.1 Å². The number of hydrogen-bond donors (Lipinski definition) is 0. The number of piperazine rings is 1. The summed E-state index contributed by atoms with van der Waals surface area (Å²) in [6.07, 6.45) is 0. The Labute approximate surface area is 152 Å². The molecule has 0 aliphatic carbocycles. The quantitative estimate of drug-likeness (QED) is 0.846. The first-order valence-corrected chi connectivity index (χ1v) is 8.66. The average molecular weight is 356 g/mol. The second-order valence-electron chi connectivity index (χ2n) is 6.03. The molecular formula is C20H21FN2O3. The molecule has 3 rings (SSSR count). The number of benzene rings is 2. The van der Waals surface area contributed by atoms with Gasteiger partial charge in [0.05, 0.1) is 6.61 Å². The monoisotopic (exact) mass is 356 g/mol. The number of halogens is 1. The lowest BCUT2D eigenvalue weighted by Gasteiger charge is -2.35. The van der Waals surface area contributed by atoms with Gasteiger partial charge in [-0.05, 0) is 37.3 Å². The third-order valence-electron chi connectivity index (χ3n) is 4.35. The minimum Gasteiger partial charge on any atom is -0.491 e. The molecule has 0 spiro atoms. The predicted molar refractivity (Wildman–Crippen MR) is 95.8 cm³/mol. The van der Waals surface area contributed by atoms with E-state index >= 15 is 0 Å². The van der Waals surface area contributed by atoms with Gasteiger partial charge in [-0.15, -0.1) is 0 Å². The van der Waals surface area contributed by atoms with Crippen molar-refractivity contribution >= 4 is 11.8 Å². The SMILES string of the molecule is CCOc1ccc(C(=O)N2CCN(C(=O)c3ccccc3)CC2)cc1F. The summed E-state index contributed by atoms with van der Waals surface area (Å²) in [5.41, 5.74) is 0.926. The van der Waals surface area contributed by atoms with Crippen LogP contribution in [0.2, 0.25) is 0 Å². The van der Waals surface area contributed by atoms with Crippen LogP contribution in [0.15, 0.2) is 48.5 Å². The molecule has 0 unspecified atom stereocenters. The molecule has 0 aromatic heterocycles. The van der Waals surface area contributed by atoms with Crippen LogP contribution in [0.5, 0.6) is 5.75 Å². The number of rotatable bonds is 4. The summed E-state index contributed by atoms with van der Waals surface area (Å²) in [4.78, 5) is 28.4. The Bertz CT molecular complexity index is 787. The molecule has 0 radical (unpaired) electrons. The summed E-state index contributed by atoms with van der Waals surface area (Å²) in [5, 5.41) is 0. The van der Waals surface area contributed by atoms with Crippen LogP contribution in [0.1, 0.15) is 27.6 Å². The number of amides is 2. The molecule has 0 saturated carbocycles. The van der Waals surface area contributed by atoms with Crippen molar-refractivity contribution in [2.24, 2.45) is 0 Å². The van der Waals surface area contributed by atoms with E-state index in [2.05, 4.69) is 0 Å². The topological polar surface area (TPSA) is 49.9 Å². The van der Waals surface area contributed by atoms with Crippen molar-refractivity contribution in [2.75, 3.05) is 32.8 Å². The molecule has 6 heteroatoms. The summed E-state index contributed by atoms with van der Waals surface area (Å²) >= 11 is 0. The van der Waals surface area contributed by atoms with Crippen LogP contribution < -0.4 is 4.74 Å². The Balaban J connectivity index is 1.62. The van der Waals surface area contributed by atoms with Crippen molar-refractivity contribution in [1.82, 2.24) is 9.80 Å². The minimum absolute atomic E-state index is 0.0372. The highest BCUT2D eigenvalue weighted by Crippen LogP contribution is 2.20. The van der Waals surface area contributed by atoms with Crippen LogP contribution in [0.3, 0.4) is 0 Å². The predicted octanol–water partition coefficient (Wildman–Crippen LogP) is 2.82. The number of hydrogen-bond acceptors (Lipinski definition) is 3. The summed E-state index contributed by atoms with van der Waals surface area (Å²) in [5.74, 6) is -0.679. The summed E-state index contributed by atoms with van der Waals surface area (Å²) in [7, 11) is 0. The van der Waals surface area contributed by atoms with E-state index in [9.17, 15) is 14.0 Å². The standard InChI is InChI=1S/C20H21FN2O3/c1-2-26-18-9-8-16(14-17(18)21)20(25)23-12-10-22(11-13-23)19(24)15-6-4-3-5-7-15/h3-9,14H,2,10-13H2,1H3. The largest absolute Gasteiger partial charge is 0.491 e. The first-order valence-electron chi connectivity index (χ1n) is 8.66. The lowest BCUT2D eigenvalue weighted by molar-refractivity contribution is 0.0535. The van der Waals surface area contributed by atoms with Gasteiger partial charge >= 0.3 is 0 Å². The minimum atomic E-state index is -0.546. The Morgan fingerprint density at radius 2 is 1.50 bits per heavy atom. The highest BCUT2D eigenvalue weighted by atomic mass is 19.1. The Morgan fingerprint density at radius 1 is 0.923 bits per heavy atom. The van der Waals surface area contributed by atoms with Crippen LogP contribution in [-0.2, 0) is 0 Å². The first-order chi connectivity index (χ1) is 12.6. The number of ether oxygens (including phenoxy) is 1. The molecule has 2 aromatic rings. The van der Waals surface area contributed by atoms with E-state index in [-0.39, 0.29) is 23.1 Å². The van der Waals surface area contributed by atoms with E-state index in [0.29, 0.717) is 38.3 Å².